The molecular weight excluding hydrogens is 512 g/mol. The summed E-state index contributed by atoms with van der Waals surface area (Å²) in [4.78, 5) is 25.9. The summed E-state index contributed by atoms with van der Waals surface area (Å²) < 4.78 is 17.7. The molecule has 40 heavy (non-hydrogen) atoms. The number of fused-ring (bicyclic) bond motifs is 1. The highest BCUT2D eigenvalue weighted by atomic mass is 16.5. The highest BCUT2D eigenvalue weighted by Crippen LogP contribution is 2.37. The molecule has 1 heterocycles. The summed E-state index contributed by atoms with van der Waals surface area (Å²) in [5.74, 6) is -0.395. The van der Waals surface area contributed by atoms with Gasteiger partial charge in [0, 0.05) is 23.7 Å². The van der Waals surface area contributed by atoms with E-state index in [1.807, 2.05) is 19.9 Å². The smallest absolute Gasteiger partial charge is 0.297 e. The maximum absolute atomic E-state index is 13.2. The number of ether oxygens (including phenoxy) is 3. The average Bonchev–Trinajstić information content (AvgIpc) is 2.93. The van der Waals surface area contributed by atoms with Crippen molar-refractivity contribution in [3.63, 3.8) is 0 Å². The Labute approximate surface area is 234 Å². The number of phenolic OH excluding ortho intramolecular Hbond substituents is 1. The van der Waals surface area contributed by atoms with E-state index in [4.69, 9.17) is 14.2 Å². The Morgan fingerprint density at radius 2 is 1.70 bits per heavy atom. The zero-order valence-electron chi connectivity index (χ0n) is 23.7. The number of carbonyl (C=O) groups excluding carboxylic acids is 1. The number of methoxy groups -OCH3 is 2. The second kappa shape index (κ2) is 14.1. The minimum Gasteiger partial charge on any atom is -0.502 e. The topological polar surface area (TPSA) is 119 Å². The summed E-state index contributed by atoms with van der Waals surface area (Å²) in [5.41, 5.74) is 2.15. The van der Waals surface area contributed by atoms with E-state index in [9.17, 15) is 19.8 Å². The number of carbonyl (C=O) groups is 1. The third kappa shape index (κ3) is 7.37. The van der Waals surface area contributed by atoms with Crippen LogP contribution in [-0.2, 0) is 11.3 Å². The Morgan fingerprint density at radius 3 is 2.33 bits per heavy atom. The number of rotatable bonds is 13. The predicted molar refractivity (Wildman–Crippen MR) is 158 cm³/mol. The molecule has 0 aliphatic carbocycles. The summed E-state index contributed by atoms with van der Waals surface area (Å²) in [7, 11) is 2.85. The first kappa shape index (κ1) is 30.1. The molecule has 0 aliphatic heterocycles. The molecule has 0 fully saturated rings. The van der Waals surface area contributed by atoms with Gasteiger partial charge in [0.05, 0.1) is 19.7 Å². The van der Waals surface area contributed by atoms with Crippen LogP contribution in [0.3, 0.4) is 0 Å². The number of nitrogens with zero attached hydrogens (tertiary/aromatic N) is 1. The number of aromatic hydroxyl groups is 2. The lowest BCUT2D eigenvalue weighted by Gasteiger charge is -2.16. The van der Waals surface area contributed by atoms with Crippen molar-refractivity contribution in [1.29, 1.82) is 0 Å². The minimum atomic E-state index is -0.533. The third-order valence-corrected chi connectivity index (χ3v) is 6.35. The molecule has 0 saturated heterocycles. The number of allylic oxidation sites excluding steroid dienone is 1. The van der Waals surface area contributed by atoms with Crippen LogP contribution in [-0.4, -0.2) is 41.5 Å². The van der Waals surface area contributed by atoms with Crippen LogP contribution in [0.1, 0.15) is 52.0 Å². The molecule has 9 nitrogen and oxygen atoms in total. The van der Waals surface area contributed by atoms with Crippen LogP contribution in [0.15, 0.2) is 52.9 Å². The van der Waals surface area contributed by atoms with E-state index in [0.29, 0.717) is 28.7 Å². The van der Waals surface area contributed by atoms with Gasteiger partial charge >= 0.3 is 0 Å². The van der Waals surface area contributed by atoms with Gasteiger partial charge in [0.2, 0.25) is 17.4 Å². The second-order valence-electron chi connectivity index (χ2n) is 9.62. The summed E-state index contributed by atoms with van der Waals surface area (Å²) in [6.45, 7) is 6.63. The number of unbranched alkanes of at least 4 members (excludes halogenated alkanes) is 3. The van der Waals surface area contributed by atoms with Crippen molar-refractivity contribution < 1.29 is 29.2 Å². The highest BCUT2D eigenvalue weighted by Gasteiger charge is 2.18. The van der Waals surface area contributed by atoms with Crippen LogP contribution in [0.25, 0.3) is 17.0 Å². The van der Waals surface area contributed by atoms with Crippen molar-refractivity contribution in [3.8, 4) is 28.7 Å². The van der Waals surface area contributed by atoms with Gasteiger partial charge in [-0.05, 0) is 68.3 Å². The third-order valence-electron chi connectivity index (χ3n) is 6.35. The maximum Gasteiger partial charge on any atom is 0.297 e. The number of hydrogen-bond donors (Lipinski definition) is 3. The number of hydrogen-bond acceptors (Lipinski definition) is 7. The molecule has 9 heteroatoms. The van der Waals surface area contributed by atoms with E-state index < -0.39 is 17.2 Å². The second-order valence-corrected chi connectivity index (χ2v) is 9.62. The quantitative estimate of drug-likeness (QED) is 0.136. The normalized spacial score (nSPS) is 11.0. The van der Waals surface area contributed by atoms with Gasteiger partial charge in [0.15, 0.2) is 17.2 Å². The molecule has 0 bridgehead atoms. The Kier molecular flexibility index (Phi) is 10.6. The number of pyridine rings is 1. The fourth-order valence-corrected chi connectivity index (χ4v) is 4.21. The largest absolute Gasteiger partial charge is 0.502 e. The minimum absolute atomic E-state index is 0.121. The molecule has 214 valence electrons. The van der Waals surface area contributed by atoms with Crippen molar-refractivity contribution in [2.45, 2.75) is 53.0 Å². The number of benzene rings is 2. The van der Waals surface area contributed by atoms with Crippen molar-refractivity contribution in [2.24, 2.45) is 0 Å². The Morgan fingerprint density at radius 1 is 1.00 bits per heavy atom. The van der Waals surface area contributed by atoms with Gasteiger partial charge in [0.25, 0.3) is 5.56 Å². The van der Waals surface area contributed by atoms with Gasteiger partial charge in [-0.25, -0.2) is 0 Å². The number of phenols is 1. The summed E-state index contributed by atoms with van der Waals surface area (Å²) in [6.07, 6.45) is 8.62. The van der Waals surface area contributed by atoms with Crippen molar-refractivity contribution in [3.05, 3.63) is 64.0 Å². The predicted octanol–water partition coefficient (Wildman–Crippen LogP) is 6.01. The Hall–Kier alpha value is -4.40. The van der Waals surface area contributed by atoms with Crippen LogP contribution >= 0.6 is 0 Å². The van der Waals surface area contributed by atoms with Gasteiger partial charge in [-0.1, -0.05) is 31.8 Å². The summed E-state index contributed by atoms with van der Waals surface area (Å²) in [6, 6.07) is 8.29. The highest BCUT2D eigenvalue weighted by molar-refractivity contribution is 6.03. The first-order valence-electron chi connectivity index (χ1n) is 13.3. The van der Waals surface area contributed by atoms with Crippen LogP contribution in [0.5, 0.6) is 28.7 Å². The van der Waals surface area contributed by atoms with Crippen LogP contribution in [0.2, 0.25) is 0 Å². The summed E-state index contributed by atoms with van der Waals surface area (Å²) in [5, 5.41) is 24.2. The molecule has 1 aromatic heterocycles. The number of aryl methyl sites for hydroxylation is 1. The molecule has 0 radical (unpaired) electrons. The van der Waals surface area contributed by atoms with Crippen LogP contribution < -0.4 is 25.1 Å². The van der Waals surface area contributed by atoms with Crippen molar-refractivity contribution in [1.82, 2.24) is 4.57 Å². The standard InChI is InChI=1S/C31H38N2O7/c1-6-7-8-9-15-33-24-19-22(11-12-23(24)30(29(36)31(33)37)40-16-14-20(2)3)32-27(34)13-10-21-17-25(38-4)28(35)26(18-21)39-5/h10-14,17-19,35-36H,6-9,15-16H2,1-5H3,(H,32,34)/b13-10+. The molecular formula is C31H38N2O7. The van der Waals surface area contributed by atoms with E-state index in [1.165, 1.54) is 24.9 Å². The fraction of sp³-hybridized carbons (Fsp3) is 0.355. The fourth-order valence-electron chi connectivity index (χ4n) is 4.21. The number of anilines is 1. The molecule has 0 aliphatic rings. The molecule has 0 atom stereocenters. The van der Waals surface area contributed by atoms with E-state index in [-0.39, 0.29) is 29.6 Å². The van der Waals surface area contributed by atoms with Crippen LogP contribution in [0.4, 0.5) is 5.69 Å². The zero-order valence-corrected chi connectivity index (χ0v) is 23.7. The molecule has 3 rings (SSSR count). The lowest BCUT2D eigenvalue weighted by molar-refractivity contribution is -0.111. The van der Waals surface area contributed by atoms with Gasteiger partial charge in [-0.2, -0.15) is 0 Å². The molecule has 0 unspecified atom stereocenters. The van der Waals surface area contributed by atoms with Gasteiger partial charge < -0.3 is 34.3 Å². The molecule has 0 spiro atoms. The summed E-state index contributed by atoms with van der Waals surface area (Å²) >= 11 is 0. The SMILES string of the molecule is CCCCCCn1c(=O)c(O)c(OCC=C(C)C)c2ccc(NC(=O)/C=C/c3cc(OC)c(O)c(OC)c3)cc21. The van der Waals surface area contributed by atoms with Crippen molar-refractivity contribution in [2.75, 3.05) is 26.1 Å². The van der Waals surface area contributed by atoms with E-state index in [2.05, 4.69) is 12.2 Å². The monoisotopic (exact) mass is 550 g/mol. The number of nitrogens with one attached hydrogen (secondary N) is 1. The van der Waals surface area contributed by atoms with Gasteiger partial charge in [0.1, 0.15) is 6.61 Å². The van der Waals surface area contributed by atoms with Gasteiger partial charge in [-0.3, -0.25) is 9.59 Å². The van der Waals surface area contributed by atoms with Crippen molar-refractivity contribution >= 4 is 28.6 Å². The molecule has 3 aromatic rings. The Bertz CT molecular complexity index is 1440. The average molecular weight is 551 g/mol. The zero-order chi connectivity index (χ0) is 29.2. The van der Waals surface area contributed by atoms with Gasteiger partial charge in [-0.15, -0.1) is 0 Å². The molecule has 0 saturated carbocycles. The van der Waals surface area contributed by atoms with E-state index in [0.717, 1.165) is 31.3 Å². The maximum atomic E-state index is 13.2. The Balaban J connectivity index is 1.94. The van der Waals surface area contributed by atoms with E-state index >= 15 is 0 Å². The number of aromatic nitrogens is 1. The lowest BCUT2D eigenvalue weighted by Crippen LogP contribution is -2.21. The first-order chi connectivity index (χ1) is 19.2. The molecule has 2 aromatic carbocycles. The van der Waals surface area contributed by atoms with Crippen LogP contribution in [0, 0.1) is 0 Å². The number of amides is 1. The molecule has 3 N–H and O–H groups in total. The molecule has 1 amide bonds. The van der Waals surface area contributed by atoms with E-state index in [1.54, 1.807) is 36.4 Å². The lowest BCUT2D eigenvalue weighted by atomic mass is 10.1. The first-order valence-corrected chi connectivity index (χ1v) is 13.3.